The van der Waals surface area contributed by atoms with Crippen molar-refractivity contribution < 1.29 is 14.3 Å². The molecule has 2 aromatic rings. The van der Waals surface area contributed by atoms with E-state index in [4.69, 9.17) is 4.74 Å². The van der Waals surface area contributed by atoms with E-state index in [1.54, 1.807) is 19.1 Å². The number of hydrogen-bond acceptors (Lipinski definition) is 3. The van der Waals surface area contributed by atoms with Crippen LogP contribution in [0.5, 0.6) is 5.75 Å². The molecular formula is C22H23N3O3. The number of hydrogen-bond donors (Lipinski definition) is 1. The molecule has 4 rings (SSSR count). The minimum absolute atomic E-state index is 0.0226. The molecule has 0 saturated carbocycles. The molecule has 0 aromatic heterocycles. The smallest absolute Gasteiger partial charge is 0.322 e. The van der Waals surface area contributed by atoms with E-state index in [0.29, 0.717) is 24.4 Å². The summed E-state index contributed by atoms with van der Waals surface area (Å²) in [5, 5.41) is 2.96. The van der Waals surface area contributed by atoms with Gasteiger partial charge in [-0.3, -0.25) is 9.69 Å². The normalized spacial score (nSPS) is 19.0. The topological polar surface area (TPSA) is 61.9 Å². The number of carbonyl (C=O) groups excluding carboxylic acids is 2. The average molecular weight is 377 g/mol. The fourth-order valence-corrected chi connectivity index (χ4v) is 3.78. The summed E-state index contributed by atoms with van der Waals surface area (Å²) in [7, 11) is 3.31. The Kier molecular flexibility index (Phi) is 4.77. The molecule has 1 N–H and O–H groups in total. The second kappa shape index (κ2) is 7.38. The lowest BCUT2D eigenvalue weighted by atomic mass is 9.95. The summed E-state index contributed by atoms with van der Waals surface area (Å²) in [4.78, 5) is 29.1. The van der Waals surface area contributed by atoms with Gasteiger partial charge < -0.3 is 15.0 Å². The Hall–Kier alpha value is -3.28. The van der Waals surface area contributed by atoms with Crippen molar-refractivity contribution in [1.29, 1.82) is 0 Å². The second-order valence-corrected chi connectivity index (χ2v) is 7.04. The van der Waals surface area contributed by atoms with Gasteiger partial charge in [-0.1, -0.05) is 42.5 Å². The standard InChI is InChI=1S/C22H23N3O3/c1-24-18-14-25(12-11-15-7-4-3-5-8-15)21(26)19(18)20(23-22(24)27)16-9-6-10-17(13-16)28-2/h3-10,13,20H,11-12,14H2,1-2H3,(H,23,27)/t20-/m1/s1. The number of urea groups is 1. The monoisotopic (exact) mass is 377 g/mol. The molecule has 2 aliphatic rings. The average Bonchev–Trinajstić information content (AvgIpc) is 3.06. The fraction of sp³-hybridized carbons (Fsp3) is 0.273. The van der Waals surface area contributed by atoms with Crippen LogP contribution in [0.1, 0.15) is 17.2 Å². The van der Waals surface area contributed by atoms with Crippen molar-refractivity contribution in [3.8, 4) is 5.75 Å². The van der Waals surface area contributed by atoms with Gasteiger partial charge in [0, 0.05) is 13.6 Å². The van der Waals surface area contributed by atoms with Crippen LogP contribution in [0.25, 0.3) is 0 Å². The maximum absolute atomic E-state index is 13.2. The highest BCUT2D eigenvalue weighted by Gasteiger charge is 2.42. The Labute approximate surface area is 164 Å². The molecule has 0 aliphatic carbocycles. The van der Waals surface area contributed by atoms with Crippen LogP contribution in [-0.2, 0) is 11.2 Å². The van der Waals surface area contributed by atoms with E-state index >= 15 is 0 Å². The predicted octanol–water partition coefficient (Wildman–Crippen LogP) is 2.73. The van der Waals surface area contributed by atoms with Crippen molar-refractivity contribution in [3.05, 3.63) is 77.0 Å². The Morgan fingerprint density at radius 1 is 1.11 bits per heavy atom. The number of methoxy groups -OCH3 is 1. The van der Waals surface area contributed by atoms with E-state index in [1.807, 2.05) is 47.4 Å². The zero-order chi connectivity index (χ0) is 19.7. The van der Waals surface area contributed by atoms with Gasteiger partial charge in [-0.05, 0) is 29.7 Å². The van der Waals surface area contributed by atoms with Crippen LogP contribution in [0.3, 0.4) is 0 Å². The minimum atomic E-state index is -0.469. The number of nitrogens with zero attached hydrogens (tertiary/aromatic N) is 2. The van der Waals surface area contributed by atoms with Crippen LogP contribution < -0.4 is 10.1 Å². The first-order valence-electron chi connectivity index (χ1n) is 9.33. The van der Waals surface area contributed by atoms with E-state index < -0.39 is 6.04 Å². The number of benzene rings is 2. The summed E-state index contributed by atoms with van der Waals surface area (Å²) in [6.45, 7) is 1.06. The van der Waals surface area contributed by atoms with Gasteiger partial charge in [0.25, 0.3) is 5.91 Å². The molecule has 0 unspecified atom stereocenters. The number of nitrogens with one attached hydrogen (secondary N) is 1. The number of ether oxygens (including phenoxy) is 1. The van der Waals surface area contributed by atoms with Gasteiger partial charge in [0.15, 0.2) is 0 Å². The summed E-state index contributed by atoms with van der Waals surface area (Å²) in [5.41, 5.74) is 3.44. The fourth-order valence-electron chi connectivity index (χ4n) is 3.78. The van der Waals surface area contributed by atoms with Gasteiger partial charge in [0.1, 0.15) is 5.75 Å². The van der Waals surface area contributed by atoms with Gasteiger partial charge in [0.2, 0.25) is 0 Å². The highest BCUT2D eigenvalue weighted by molar-refractivity contribution is 6.01. The number of carbonyl (C=O) groups is 2. The Morgan fingerprint density at radius 2 is 1.89 bits per heavy atom. The zero-order valence-electron chi connectivity index (χ0n) is 16.0. The number of amides is 3. The van der Waals surface area contributed by atoms with Crippen molar-refractivity contribution in [2.45, 2.75) is 12.5 Å². The summed E-state index contributed by atoms with van der Waals surface area (Å²) in [6.07, 6.45) is 0.780. The second-order valence-electron chi connectivity index (χ2n) is 7.04. The predicted molar refractivity (Wildman–Crippen MR) is 106 cm³/mol. The van der Waals surface area contributed by atoms with Crippen LogP contribution in [-0.4, -0.2) is 49.0 Å². The Morgan fingerprint density at radius 3 is 2.64 bits per heavy atom. The summed E-state index contributed by atoms with van der Waals surface area (Å²) in [5.74, 6) is 0.671. The van der Waals surface area contributed by atoms with E-state index in [-0.39, 0.29) is 11.9 Å². The summed E-state index contributed by atoms with van der Waals surface area (Å²) < 4.78 is 5.31. The molecule has 6 nitrogen and oxygen atoms in total. The Bertz CT molecular complexity index is 939. The molecule has 28 heavy (non-hydrogen) atoms. The largest absolute Gasteiger partial charge is 0.497 e. The molecule has 0 spiro atoms. The molecule has 2 aliphatic heterocycles. The van der Waals surface area contributed by atoms with E-state index in [1.165, 1.54) is 5.56 Å². The lowest BCUT2D eigenvalue weighted by Gasteiger charge is -2.31. The molecule has 144 valence electrons. The lowest BCUT2D eigenvalue weighted by molar-refractivity contribution is -0.125. The maximum atomic E-state index is 13.2. The first-order chi connectivity index (χ1) is 13.6. The molecule has 0 fully saturated rings. The maximum Gasteiger partial charge on any atom is 0.322 e. The molecule has 2 heterocycles. The third-order valence-electron chi connectivity index (χ3n) is 5.38. The van der Waals surface area contributed by atoms with Crippen molar-refractivity contribution in [1.82, 2.24) is 15.1 Å². The quantitative estimate of drug-likeness (QED) is 0.872. The first-order valence-corrected chi connectivity index (χ1v) is 9.33. The van der Waals surface area contributed by atoms with Gasteiger partial charge in [-0.25, -0.2) is 4.79 Å². The third-order valence-corrected chi connectivity index (χ3v) is 5.38. The van der Waals surface area contributed by atoms with E-state index in [9.17, 15) is 9.59 Å². The van der Waals surface area contributed by atoms with Crippen LogP contribution in [0.4, 0.5) is 4.79 Å². The molecule has 0 bridgehead atoms. The van der Waals surface area contributed by atoms with Crippen molar-refractivity contribution in [2.75, 3.05) is 27.2 Å². The molecular weight excluding hydrogens is 354 g/mol. The molecule has 6 heteroatoms. The van der Waals surface area contributed by atoms with Crippen LogP contribution in [0.15, 0.2) is 65.9 Å². The zero-order valence-corrected chi connectivity index (χ0v) is 16.0. The number of rotatable bonds is 5. The van der Waals surface area contributed by atoms with Gasteiger partial charge in [-0.2, -0.15) is 0 Å². The highest BCUT2D eigenvalue weighted by Crippen LogP contribution is 2.36. The lowest BCUT2D eigenvalue weighted by Crippen LogP contribution is -2.45. The number of likely N-dealkylation sites (N-methyl/N-ethyl adjacent to an activating group) is 1. The molecule has 3 amide bonds. The molecule has 2 aromatic carbocycles. The van der Waals surface area contributed by atoms with Crippen LogP contribution in [0, 0.1) is 0 Å². The van der Waals surface area contributed by atoms with E-state index in [0.717, 1.165) is 17.7 Å². The molecule has 0 radical (unpaired) electrons. The first kappa shape index (κ1) is 18.1. The highest BCUT2D eigenvalue weighted by atomic mass is 16.5. The van der Waals surface area contributed by atoms with Gasteiger partial charge >= 0.3 is 6.03 Å². The third kappa shape index (κ3) is 3.22. The van der Waals surface area contributed by atoms with Crippen molar-refractivity contribution >= 4 is 11.9 Å². The minimum Gasteiger partial charge on any atom is -0.497 e. The van der Waals surface area contributed by atoms with Crippen LogP contribution in [0.2, 0.25) is 0 Å². The van der Waals surface area contributed by atoms with Gasteiger partial charge in [0.05, 0.1) is 31.0 Å². The summed E-state index contributed by atoms with van der Waals surface area (Å²) >= 11 is 0. The van der Waals surface area contributed by atoms with Crippen LogP contribution >= 0.6 is 0 Å². The SMILES string of the molecule is COc1cccc([C@H]2NC(=O)N(C)C3=C2C(=O)N(CCc2ccccc2)C3)c1. The van der Waals surface area contributed by atoms with E-state index in [2.05, 4.69) is 17.4 Å². The van der Waals surface area contributed by atoms with Gasteiger partial charge in [-0.15, -0.1) is 0 Å². The summed E-state index contributed by atoms with van der Waals surface area (Å²) in [6, 6.07) is 16.9. The van der Waals surface area contributed by atoms with Crippen molar-refractivity contribution in [2.24, 2.45) is 0 Å². The Balaban J connectivity index is 1.60. The molecule has 1 atom stereocenters. The van der Waals surface area contributed by atoms with Crippen molar-refractivity contribution in [3.63, 3.8) is 0 Å². The molecule has 0 saturated heterocycles.